The molecule has 4 aromatic carbocycles. The summed E-state index contributed by atoms with van der Waals surface area (Å²) in [6, 6.07) is 15.5. The molecule has 1 amide bonds. The molecule has 13 heteroatoms. The molecule has 0 fully saturated rings. The standard InChI is InChI=1S/C25H19Cl2N3O6S.Na/c1-13-7-9-18(26)22(24(13)37(33,34)35)30-29-21-16-6-4-3-5-14(16)11-17(23(21)31)25(32)28-15-8-10-20(36-2)19(27)12-15;/h3-12,31H,1-2H3,(H,28,32)(H,33,34,35);/q;+1/p-1. The monoisotopic (exact) mass is 581 g/mol. The van der Waals surface area contributed by atoms with Crippen molar-refractivity contribution in [3.05, 3.63) is 81.8 Å². The number of aryl methyl sites for hydroxylation is 1. The summed E-state index contributed by atoms with van der Waals surface area (Å²) in [4.78, 5) is 12.5. The molecule has 0 atom stereocenters. The molecule has 0 unspecified atom stereocenters. The second kappa shape index (κ2) is 12.0. The molecule has 38 heavy (non-hydrogen) atoms. The van der Waals surface area contributed by atoms with Gasteiger partial charge in [0.2, 0.25) is 0 Å². The van der Waals surface area contributed by atoms with Crippen LogP contribution in [0.5, 0.6) is 11.5 Å². The second-order valence-corrected chi connectivity index (χ2v) is 10.0. The Kier molecular flexibility index (Phi) is 9.43. The first-order valence-electron chi connectivity index (χ1n) is 10.6. The Morgan fingerprint density at radius 1 is 1.00 bits per heavy atom. The Morgan fingerprint density at radius 2 is 1.68 bits per heavy atom. The van der Waals surface area contributed by atoms with Gasteiger partial charge in [-0.05, 0) is 48.2 Å². The van der Waals surface area contributed by atoms with Crippen molar-refractivity contribution >= 4 is 67.1 Å². The number of hydrogen-bond donors (Lipinski definition) is 2. The van der Waals surface area contributed by atoms with Gasteiger partial charge < -0.3 is 15.2 Å². The van der Waals surface area contributed by atoms with E-state index in [0.717, 1.165) is 0 Å². The van der Waals surface area contributed by atoms with Gasteiger partial charge in [0.05, 0.1) is 22.8 Å². The van der Waals surface area contributed by atoms with E-state index >= 15 is 0 Å². The first-order chi connectivity index (χ1) is 17.5. The van der Waals surface area contributed by atoms with Crippen LogP contribution >= 0.6 is 23.2 Å². The largest absolute Gasteiger partial charge is 1.00 e. The molecule has 0 aliphatic carbocycles. The number of methoxy groups -OCH3 is 1. The number of rotatable bonds is 6. The van der Waals surface area contributed by atoms with E-state index in [-0.39, 0.29) is 62.1 Å². The molecule has 9 nitrogen and oxygen atoms in total. The molecule has 0 aliphatic rings. The minimum absolute atomic E-state index is 0. The quantitative estimate of drug-likeness (QED) is 0.203. The smallest absolute Gasteiger partial charge is 0.870 e. The van der Waals surface area contributed by atoms with Crippen LogP contribution in [0.2, 0.25) is 10.0 Å². The Balaban J connectivity index is 0.00000400. The zero-order valence-corrected chi connectivity index (χ0v) is 24.6. The molecule has 4 aromatic rings. The fourth-order valence-electron chi connectivity index (χ4n) is 3.69. The SMILES string of the molecule is COc1ccc(NC(=O)c2cc3ccccc3c(N=Nc3c(Cl)ccc(C)c3S(=O)(=O)O)c2[O-])cc1Cl.[Na+]. The summed E-state index contributed by atoms with van der Waals surface area (Å²) in [5.74, 6) is -1.06. The zero-order valence-electron chi connectivity index (χ0n) is 20.3. The van der Waals surface area contributed by atoms with Crippen LogP contribution in [0.25, 0.3) is 10.8 Å². The third kappa shape index (κ3) is 6.13. The van der Waals surface area contributed by atoms with E-state index in [1.165, 1.54) is 38.3 Å². The minimum Gasteiger partial charge on any atom is -0.870 e. The number of fused-ring (bicyclic) bond motifs is 1. The van der Waals surface area contributed by atoms with Crippen LogP contribution in [0, 0.1) is 6.92 Å². The summed E-state index contributed by atoms with van der Waals surface area (Å²) < 4.78 is 38.7. The van der Waals surface area contributed by atoms with Crippen LogP contribution in [-0.4, -0.2) is 26.0 Å². The first kappa shape index (κ1) is 29.9. The maximum atomic E-state index is 13.4. The van der Waals surface area contributed by atoms with Crippen molar-refractivity contribution in [2.45, 2.75) is 11.8 Å². The van der Waals surface area contributed by atoms with Crippen molar-refractivity contribution in [3.63, 3.8) is 0 Å². The van der Waals surface area contributed by atoms with Gasteiger partial charge in [0.25, 0.3) is 16.0 Å². The summed E-state index contributed by atoms with van der Waals surface area (Å²) in [7, 11) is -3.25. The van der Waals surface area contributed by atoms with E-state index in [9.17, 15) is 22.9 Å². The molecule has 0 spiro atoms. The average Bonchev–Trinajstić information content (AvgIpc) is 2.84. The van der Waals surface area contributed by atoms with Crippen LogP contribution in [-0.2, 0) is 10.1 Å². The maximum absolute atomic E-state index is 13.4. The number of amides is 1. The Hall–Kier alpha value is -2.70. The van der Waals surface area contributed by atoms with Crippen LogP contribution in [0.15, 0.2) is 75.8 Å². The molecule has 0 aliphatic heterocycles. The summed E-state index contributed by atoms with van der Waals surface area (Å²) >= 11 is 12.3. The fourth-order valence-corrected chi connectivity index (χ4v) is 5.07. The Morgan fingerprint density at radius 3 is 2.34 bits per heavy atom. The van der Waals surface area contributed by atoms with Crippen LogP contribution in [0.1, 0.15) is 15.9 Å². The number of nitrogens with zero attached hydrogens (tertiary/aromatic N) is 2. The van der Waals surface area contributed by atoms with Crippen LogP contribution in [0.4, 0.5) is 17.1 Å². The third-order valence-electron chi connectivity index (χ3n) is 5.42. The summed E-state index contributed by atoms with van der Waals surface area (Å²) in [6.45, 7) is 1.45. The average molecular weight is 582 g/mol. The normalized spacial score (nSPS) is 11.4. The molecular formula is C25H18Cl2N3NaO6S. The van der Waals surface area contributed by atoms with Gasteiger partial charge in [-0.2, -0.15) is 13.5 Å². The molecule has 2 N–H and O–H groups in total. The van der Waals surface area contributed by atoms with Crippen LogP contribution < -0.4 is 44.7 Å². The van der Waals surface area contributed by atoms with Gasteiger partial charge in [-0.1, -0.05) is 59.3 Å². The number of nitrogens with one attached hydrogen (secondary N) is 1. The predicted molar refractivity (Wildman–Crippen MR) is 140 cm³/mol. The number of hydrogen-bond acceptors (Lipinski definition) is 7. The summed E-state index contributed by atoms with van der Waals surface area (Å²) in [6.07, 6.45) is 0. The van der Waals surface area contributed by atoms with E-state index < -0.39 is 26.7 Å². The molecule has 4 rings (SSSR count). The number of benzene rings is 4. The van der Waals surface area contributed by atoms with Crippen molar-refractivity contribution in [1.29, 1.82) is 0 Å². The number of anilines is 1. The maximum Gasteiger partial charge on any atom is 1.00 e. The summed E-state index contributed by atoms with van der Waals surface area (Å²) in [5, 5.41) is 25.0. The van der Waals surface area contributed by atoms with E-state index in [4.69, 9.17) is 27.9 Å². The van der Waals surface area contributed by atoms with E-state index in [2.05, 4.69) is 15.5 Å². The van der Waals surface area contributed by atoms with Gasteiger partial charge in [0.15, 0.2) is 0 Å². The Labute approximate surface area is 250 Å². The molecule has 190 valence electrons. The van der Waals surface area contributed by atoms with E-state index in [1.807, 2.05) is 0 Å². The number of ether oxygens (including phenoxy) is 1. The number of carbonyl (C=O) groups is 1. The van der Waals surface area contributed by atoms with Crippen molar-refractivity contribution in [2.75, 3.05) is 12.4 Å². The molecule has 0 saturated carbocycles. The first-order valence-corrected chi connectivity index (χ1v) is 12.8. The second-order valence-electron chi connectivity index (χ2n) is 7.84. The van der Waals surface area contributed by atoms with E-state index in [0.29, 0.717) is 22.2 Å². The zero-order chi connectivity index (χ0) is 26.9. The van der Waals surface area contributed by atoms with Gasteiger partial charge >= 0.3 is 29.6 Å². The third-order valence-corrected chi connectivity index (χ3v) is 7.05. The van der Waals surface area contributed by atoms with Gasteiger partial charge in [-0.15, -0.1) is 5.11 Å². The molecule has 0 aromatic heterocycles. The minimum atomic E-state index is -4.71. The molecule has 0 radical (unpaired) electrons. The van der Waals surface area contributed by atoms with E-state index in [1.54, 1.807) is 36.4 Å². The van der Waals surface area contributed by atoms with Gasteiger partial charge in [-0.25, -0.2) is 0 Å². The van der Waals surface area contributed by atoms with Gasteiger partial charge in [0.1, 0.15) is 16.3 Å². The van der Waals surface area contributed by atoms with Gasteiger partial charge in [0, 0.05) is 16.6 Å². The molecular weight excluding hydrogens is 564 g/mol. The molecule has 0 saturated heterocycles. The van der Waals surface area contributed by atoms with Crippen LogP contribution in [0.3, 0.4) is 0 Å². The van der Waals surface area contributed by atoms with Crippen molar-refractivity contribution < 1.29 is 57.2 Å². The fraction of sp³-hybridized carbons (Fsp3) is 0.0800. The number of carbonyl (C=O) groups excluding carboxylic acids is 1. The van der Waals surface area contributed by atoms with Crippen molar-refractivity contribution in [1.82, 2.24) is 0 Å². The predicted octanol–water partition coefficient (Wildman–Crippen LogP) is 3.46. The van der Waals surface area contributed by atoms with Gasteiger partial charge in [-0.3, -0.25) is 9.35 Å². The molecule has 0 heterocycles. The van der Waals surface area contributed by atoms with Crippen molar-refractivity contribution in [2.24, 2.45) is 10.2 Å². The topological polar surface area (TPSA) is 140 Å². The van der Waals surface area contributed by atoms with Crippen molar-refractivity contribution in [3.8, 4) is 11.5 Å². The summed E-state index contributed by atoms with van der Waals surface area (Å²) in [5.41, 5.74) is -0.273. The number of halogens is 2. The molecule has 0 bridgehead atoms. The Bertz CT molecular complexity index is 1700. The number of azo groups is 1.